The Morgan fingerprint density at radius 2 is 1.85 bits per heavy atom. The summed E-state index contributed by atoms with van der Waals surface area (Å²) in [6.07, 6.45) is 1.85. The van der Waals surface area contributed by atoms with E-state index >= 15 is 0 Å². The van der Waals surface area contributed by atoms with Crippen molar-refractivity contribution in [1.29, 1.82) is 5.26 Å². The van der Waals surface area contributed by atoms with Gasteiger partial charge in [-0.15, -0.1) is 0 Å². The number of hydrogen-bond donors (Lipinski definition) is 1. The van der Waals surface area contributed by atoms with Gasteiger partial charge in [-0.2, -0.15) is 9.57 Å². The van der Waals surface area contributed by atoms with Crippen LogP contribution in [-0.4, -0.2) is 30.8 Å². The van der Waals surface area contributed by atoms with Gasteiger partial charge in [0.15, 0.2) is 0 Å². The molecule has 1 N–H and O–H groups in total. The number of nitriles is 1. The van der Waals surface area contributed by atoms with Gasteiger partial charge < -0.3 is 5.32 Å². The van der Waals surface area contributed by atoms with Crippen LogP contribution in [-0.2, 0) is 16.6 Å². The van der Waals surface area contributed by atoms with Crippen LogP contribution in [0.15, 0.2) is 35.2 Å². The van der Waals surface area contributed by atoms with E-state index in [9.17, 15) is 13.7 Å². The lowest BCUT2D eigenvalue weighted by Gasteiger charge is -2.16. The van der Waals surface area contributed by atoms with Crippen molar-refractivity contribution in [3.8, 4) is 6.07 Å². The Labute approximate surface area is 154 Å². The summed E-state index contributed by atoms with van der Waals surface area (Å²) < 4.78 is 26.6. The first kappa shape index (κ1) is 18.4. The van der Waals surface area contributed by atoms with Crippen molar-refractivity contribution in [2.24, 2.45) is 0 Å². The molecule has 1 fully saturated rings. The zero-order valence-corrected chi connectivity index (χ0v) is 15.8. The lowest BCUT2D eigenvalue weighted by molar-refractivity contribution is 0.477. The molecule has 1 aliphatic heterocycles. The zero-order chi connectivity index (χ0) is 18.7. The van der Waals surface area contributed by atoms with Gasteiger partial charge in [0, 0.05) is 25.3 Å². The molecule has 0 bridgehead atoms. The Morgan fingerprint density at radius 3 is 2.46 bits per heavy atom. The zero-order valence-electron chi connectivity index (χ0n) is 15.0. The average Bonchev–Trinajstić information content (AvgIpc) is 3.15. The molecule has 7 heteroatoms. The molecule has 3 rings (SSSR count). The predicted molar refractivity (Wildman–Crippen MR) is 100 cm³/mol. The van der Waals surface area contributed by atoms with E-state index in [4.69, 9.17) is 0 Å². The minimum atomic E-state index is -3.38. The van der Waals surface area contributed by atoms with E-state index in [0.29, 0.717) is 35.8 Å². The van der Waals surface area contributed by atoms with Crippen LogP contribution < -0.4 is 5.32 Å². The average molecular weight is 370 g/mol. The molecule has 136 valence electrons. The van der Waals surface area contributed by atoms with E-state index in [-0.39, 0.29) is 0 Å². The molecular weight excluding hydrogens is 348 g/mol. The van der Waals surface area contributed by atoms with Gasteiger partial charge in [-0.1, -0.05) is 12.1 Å². The second-order valence-electron chi connectivity index (χ2n) is 6.49. The molecule has 26 heavy (non-hydrogen) atoms. The Kier molecular flexibility index (Phi) is 5.25. The van der Waals surface area contributed by atoms with E-state index in [1.807, 2.05) is 32.0 Å². The minimum Gasteiger partial charge on any atom is -0.380 e. The summed E-state index contributed by atoms with van der Waals surface area (Å²) in [6.45, 7) is 5.40. The van der Waals surface area contributed by atoms with Crippen molar-refractivity contribution in [2.45, 2.75) is 38.1 Å². The molecule has 0 unspecified atom stereocenters. The number of benzene rings is 1. The molecule has 0 radical (unpaired) electrons. The van der Waals surface area contributed by atoms with Crippen LogP contribution in [0, 0.1) is 25.2 Å². The van der Waals surface area contributed by atoms with Gasteiger partial charge in [-0.25, -0.2) is 8.42 Å². The van der Waals surface area contributed by atoms with Crippen LogP contribution in [0.5, 0.6) is 0 Å². The number of anilines is 1. The summed E-state index contributed by atoms with van der Waals surface area (Å²) in [6, 6.07) is 10.9. The van der Waals surface area contributed by atoms with Gasteiger partial charge in [0.25, 0.3) is 0 Å². The first-order valence-corrected chi connectivity index (χ1v) is 10.1. The molecule has 1 aromatic carbocycles. The summed E-state index contributed by atoms with van der Waals surface area (Å²) in [7, 11) is -3.38. The number of aromatic nitrogens is 1. The Bertz CT molecular complexity index is 941. The second kappa shape index (κ2) is 7.44. The minimum absolute atomic E-state index is 0.330. The molecule has 2 aromatic rings. The summed E-state index contributed by atoms with van der Waals surface area (Å²) in [5.74, 6) is 0. The van der Waals surface area contributed by atoms with Crippen LogP contribution in [0.2, 0.25) is 0 Å². The smallest absolute Gasteiger partial charge is 0.243 e. The van der Waals surface area contributed by atoms with Crippen molar-refractivity contribution in [3.05, 3.63) is 52.8 Å². The number of nitrogens with one attached hydrogen (secondary N) is 1. The van der Waals surface area contributed by atoms with Gasteiger partial charge in [0.2, 0.25) is 10.0 Å². The van der Waals surface area contributed by atoms with Crippen LogP contribution in [0.25, 0.3) is 0 Å². The van der Waals surface area contributed by atoms with Crippen LogP contribution in [0.1, 0.15) is 35.4 Å². The molecule has 0 saturated carbocycles. The van der Waals surface area contributed by atoms with Crippen LogP contribution >= 0.6 is 0 Å². The van der Waals surface area contributed by atoms with Gasteiger partial charge in [0.05, 0.1) is 21.8 Å². The van der Waals surface area contributed by atoms with Gasteiger partial charge in [-0.3, -0.25) is 4.98 Å². The van der Waals surface area contributed by atoms with Gasteiger partial charge >= 0.3 is 0 Å². The van der Waals surface area contributed by atoms with Crippen LogP contribution in [0.4, 0.5) is 5.69 Å². The SMILES string of the molecule is Cc1cc(NCc2ccc(S(=O)(=O)N3CCCC3)cc2)c(C#N)c(C)n1. The highest BCUT2D eigenvalue weighted by molar-refractivity contribution is 7.89. The van der Waals surface area contributed by atoms with Gasteiger partial charge in [0.1, 0.15) is 6.07 Å². The highest BCUT2D eigenvalue weighted by atomic mass is 32.2. The maximum Gasteiger partial charge on any atom is 0.243 e. The fourth-order valence-electron chi connectivity index (χ4n) is 3.16. The summed E-state index contributed by atoms with van der Waals surface area (Å²) in [4.78, 5) is 4.63. The summed E-state index contributed by atoms with van der Waals surface area (Å²) in [5, 5.41) is 12.6. The predicted octanol–water partition coefficient (Wildman–Crippen LogP) is 2.97. The molecule has 0 aliphatic carbocycles. The molecule has 1 aromatic heterocycles. The first-order valence-electron chi connectivity index (χ1n) is 8.63. The van der Waals surface area contributed by atoms with Gasteiger partial charge in [-0.05, 0) is 50.5 Å². The second-order valence-corrected chi connectivity index (χ2v) is 8.43. The molecule has 1 aliphatic rings. The third-order valence-electron chi connectivity index (χ3n) is 4.55. The van der Waals surface area contributed by atoms with Crippen LogP contribution in [0.3, 0.4) is 0 Å². The number of nitrogens with zero attached hydrogens (tertiary/aromatic N) is 3. The number of rotatable bonds is 5. The Balaban J connectivity index is 1.74. The van der Waals surface area contributed by atoms with Crippen molar-refractivity contribution < 1.29 is 8.42 Å². The lowest BCUT2D eigenvalue weighted by atomic mass is 10.1. The normalized spacial score (nSPS) is 15.0. The quantitative estimate of drug-likeness (QED) is 0.874. The molecule has 6 nitrogen and oxygen atoms in total. The van der Waals surface area contributed by atoms with E-state index in [0.717, 1.165) is 29.8 Å². The third kappa shape index (κ3) is 3.71. The topological polar surface area (TPSA) is 86.1 Å². The molecule has 2 heterocycles. The Morgan fingerprint density at radius 1 is 1.19 bits per heavy atom. The lowest BCUT2D eigenvalue weighted by Crippen LogP contribution is -2.27. The Hall–Kier alpha value is -2.43. The monoisotopic (exact) mass is 370 g/mol. The number of sulfonamides is 1. The van der Waals surface area contributed by atoms with E-state index in [1.165, 1.54) is 0 Å². The maximum absolute atomic E-state index is 12.6. The van der Waals surface area contributed by atoms with E-state index < -0.39 is 10.0 Å². The van der Waals surface area contributed by atoms with E-state index in [1.54, 1.807) is 16.4 Å². The maximum atomic E-state index is 12.6. The number of hydrogen-bond acceptors (Lipinski definition) is 5. The molecule has 0 spiro atoms. The van der Waals surface area contributed by atoms with Crippen molar-refractivity contribution >= 4 is 15.7 Å². The summed E-state index contributed by atoms with van der Waals surface area (Å²) in [5.41, 5.74) is 3.76. The standard InChI is InChI=1S/C19H22N4O2S/c1-14-11-19(18(12-20)15(2)22-14)21-13-16-5-7-17(8-6-16)26(24,25)23-9-3-4-10-23/h5-8,11H,3-4,9-10,13H2,1-2H3,(H,21,22). The number of aryl methyl sites for hydroxylation is 2. The fraction of sp³-hybridized carbons (Fsp3) is 0.368. The third-order valence-corrected chi connectivity index (χ3v) is 6.46. The largest absolute Gasteiger partial charge is 0.380 e. The molecule has 1 saturated heterocycles. The fourth-order valence-corrected chi connectivity index (χ4v) is 4.68. The van der Waals surface area contributed by atoms with Crippen molar-refractivity contribution in [2.75, 3.05) is 18.4 Å². The molecule has 0 amide bonds. The highest BCUT2D eigenvalue weighted by Crippen LogP contribution is 2.22. The highest BCUT2D eigenvalue weighted by Gasteiger charge is 2.26. The number of pyridine rings is 1. The summed E-state index contributed by atoms with van der Waals surface area (Å²) >= 11 is 0. The van der Waals surface area contributed by atoms with Crippen molar-refractivity contribution in [1.82, 2.24) is 9.29 Å². The molecule has 0 atom stereocenters. The molecular formula is C19H22N4O2S. The van der Waals surface area contributed by atoms with Crippen molar-refractivity contribution in [3.63, 3.8) is 0 Å². The van der Waals surface area contributed by atoms with E-state index in [2.05, 4.69) is 16.4 Å². The first-order chi connectivity index (χ1) is 12.4.